The zero-order valence-corrected chi connectivity index (χ0v) is 17.7. The van der Waals surface area contributed by atoms with E-state index in [1.54, 1.807) is 0 Å². The molecule has 152 valence electrons. The Morgan fingerprint density at radius 2 is 1.83 bits per heavy atom. The van der Waals surface area contributed by atoms with Gasteiger partial charge in [0.25, 0.3) is 0 Å². The number of nitrogens with one attached hydrogen (secondary N) is 2. The number of guanidine groups is 1. The maximum atomic E-state index is 4.77. The van der Waals surface area contributed by atoms with Crippen molar-refractivity contribution in [3.8, 4) is 0 Å². The molecule has 3 rings (SSSR count). The Labute approximate surface area is 173 Å². The fourth-order valence-corrected chi connectivity index (χ4v) is 3.04. The molecule has 0 fully saturated rings. The van der Waals surface area contributed by atoms with E-state index in [1.807, 2.05) is 36.7 Å². The number of benzene rings is 2. The van der Waals surface area contributed by atoms with Crippen LogP contribution in [0.15, 0.2) is 59.6 Å². The van der Waals surface area contributed by atoms with Crippen molar-refractivity contribution < 1.29 is 0 Å². The van der Waals surface area contributed by atoms with E-state index in [9.17, 15) is 0 Å². The van der Waals surface area contributed by atoms with Crippen molar-refractivity contribution in [1.29, 1.82) is 0 Å². The van der Waals surface area contributed by atoms with E-state index in [1.165, 1.54) is 16.7 Å². The highest BCUT2D eigenvalue weighted by molar-refractivity contribution is 5.79. The van der Waals surface area contributed by atoms with Crippen molar-refractivity contribution in [2.24, 2.45) is 12.0 Å². The average Bonchev–Trinajstić information content (AvgIpc) is 3.06. The van der Waals surface area contributed by atoms with Gasteiger partial charge in [-0.2, -0.15) is 0 Å². The van der Waals surface area contributed by atoms with Crippen molar-refractivity contribution in [3.05, 3.63) is 82.9 Å². The van der Waals surface area contributed by atoms with Gasteiger partial charge in [0, 0.05) is 13.6 Å². The lowest BCUT2D eigenvalue weighted by Gasteiger charge is -2.17. The van der Waals surface area contributed by atoms with Gasteiger partial charge in [0.05, 0.1) is 13.1 Å². The lowest BCUT2D eigenvalue weighted by Crippen LogP contribution is -2.39. The van der Waals surface area contributed by atoms with Crippen LogP contribution in [0.3, 0.4) is 0 Å². The molecular formula is C23H30N6. The second kappa shape index (κ2) is 9.87. The van der Waals surface area contributed by atoms with Gasteiger partial charge in [-0.1, -0.05) is 67.1 Å². The Kier molecular flexibility index (Phi) is 7.00. The number of aromatic nitrogens is 3. The molecule has 2 aromatic carbocycles. The monoisotopic (exact) mass is 390 g/mol. The molecule has 0 saturated carbocycles. The van der Waals surface area contributed by atoms with Crippen LogP contribution in [0.2, 0.25) is 0 Å². The Hall–Kier alpha value is -3.15. The van der Waals surface area contributed by atoms with Gasteiger partial charge in [0.2, 0.25) is 0 Å². The summed E-state index contributed by atoms with van der Waals surface area (Å²) in [5.41, 5.74) is 3.78. The molecule has 1 heterocycles. The molecule has 3 aromatic rings. The predicted octanol–water partition coefficient (Wildman–Crippen LogP) is 3.47. The van der Waals surface area contributed by atoms with Crippen molar-refractivity contribution in [3.63, 3.8) is 0 Å². The summed E-state index contributed by atoms with van der Waals surface area (Å²) in [4.78, 5) is 4.77. The SMILES string of the molecule is Cc1cccc(C(C)CNC(=NCc2ccccc2)NCc2nnc(C)n2C)c1. The van der Waals surface area contributed by atoms with Crippen LogP contribution in [0, 0.1) is 13.8 Å². The zero-order chi connectivity index (χ0) is 20.6. The first-order valence-corrected chi connectivity index (χ1v) is 10.0. The summed E-state index contributed by atoms with van der Waals surface area (Å²) < 4.78 is 1.98. The molecule has 2 N–H and O–H groups in total. The van der Waals surface area contributed by atoms with Crippen LogP contribution in [0.25, 0.3) is 0 Å². The second-order valence-electron chi connectivity index (χ2n) is 7.42. The summed E-state index contributed by atoms with van der Waals surface area (Å²) >= 11 is 0. The van der Waals surface area contributed by atoms with E-state index in [2.05, 4.69) is 71.1 Å². The minimum atomic E-state index is 0.371. The molecule has 0 saturated heterocycles. The minimum absolute atomic E-state index is 0.371. The van der Waals surface area contributed by atoms with Gasteiger partial charge in [-0.3, -0.25) is 0 Å². The number of aliphatic imine (C=N–C) groups is 1. The Morgan fingerprint density at radius 1 is 1.03 bits per heavy atom. The first-order valence-electron chi connectivity index (χ1n) is 10.0. The molecule has 0 aliphatic rings. The van der Waals surface area contributed by atoms with Crippen LogP contribution < -0.4 is 10.6 Å². The number of rotatable bonds is 7. The third-order valence-electron chi connectivity index (χ3n) is 5.05. The van der Waals surface area contributed by atoms with Crippen molar-refractivity contribution in [1.82, 2.24) is 25.4 Å². The molecule has 0 spiro atoms. The molecule has 0 aliphatic carbocycles. The Balaban J connectivity index is 1.66. The Morgan fingerprint density at radius 3 is 2.52 bits per heavy atom. The summed E-state index contributed by atoms with van der Waals surface area (Å²) in [5.74, 6) is 2.92. The van der Waals surface area contributed by atoms with Gasteiger partial charge < -0.3 is 15.2 Å². The van der Waals surface area contributed by atoms with E-state index >= 15 is 0 Å². The maximum Gasteiger partial charge on any atom is 0.191 e. The fraction of sp³-hybridized carbons (Fsp3) is 0.348. The van der Waals surface area contributed by atoms with Gasteiger partial charge in [-0.15, -0.1) is 10.2 Å². The molecule has 29 heavy (non-hydrogen) atoms. The van der Waals surface area contributed by atoms with Crippen LogP contribution in [-0.2, 0) is 20.1 Å². The smallest absolute Gasteiger partial charge is 0.191 e. The number of hydrogen-bond acceptors (Lipinski definition) is 3. The molecule has 0 radical (unpaired) electrons. The van der Waals surface area contributed by atoms with E-state index in [0.717, 1.165) is 24.2 Å². The molecule has 1 atom stereocenters. The number of aryl methyl sites for hydroxylation is 2. The first-order chi connectivity index (χ1) is 14.0. The predicted molar refractivity (Wildman–Crippen MR) is 118 cm³/mol. The maximum absolute atomic E-state index is 4.77. The summed E-state index contributed by atoms with van der Waals surface area (Å²) in [6, 6.07) is 18.9. The molecule has 6 nitrogen and oxygen atoms in total. The minimum Gasteiger partial charge on any atom is -0.356 e. The van der Waals surface area contributed by atoms with Gasteiger partial charge in [0.1, 0.15) is 5.82 Å². The third-order valence-corrected chi connectivity index (χ3v) is 5.05. The van der Waals surface area contributed by atoms with E-state index in [-0.39, 0.29) is 0 Å². The van der Waals surface area contributed by atoms with Gasteiger partial charge in [-0.25, -0.2) is 4.99 Å². The average molecular weight is 391 g/mol. The van der Waals surface area contributed by atoms with Crippen LogP contribution >= 0.6 is 0 Å². The highest BCUT2D eigenvalue weighted by atomic mass is 15.3. The van der Waals surface area contributed by atoms with E-state index in [4.69, 9.17) is 4.99 Å². The standard InChI is InChI=1S/C23H30N6/c1-17-9-8-12-21(13-17)18(2)14-24-23(25-15-20-10-6-5-7-11-20)26-16-22-28-27-19(3)29(22)4/h5-13,18H,14-16H2,1-4H3,(H2,24,25,26). The molecule has 1 aromatic heterocycles. The fourth-order valence-electron chi connectivity index (χ4n) is 3.04. The molecule has 0 amide bonds. The second-order valence-corrected chi connectivity index (χ2v) is 7.42. The quantitative estimate of drug-likeness (QED) is 0.479. The lowest BCUT2D eigenvalue weighted by molar-refractivity contribution is 0.678. The van der Waals surface area contributed by atoms with Crippen LogP contribution in [-0.4, -0.2) is 27.3 Å². The molecule has 1 unspecified atom stereocenters. The normalized spacial score (nSPS) is 12.6. The summed E-state index contributed by atoms with van der Waals surface area (Å²) in [7, 11) is 1.97. The van der Waals surface area contributed by atoms with E-state index in [0.29, 0.717) is 19.0 Å². The van der Waals surface area contributed by atoms with Gasteiger partial charge >= 0.3 is 0 Å². The van der Waals surface area contributed by atoms with Gasteiger partial charge in [-0.05, 0) is 30.9 Å². The third kappa shape index (κ3) is 5.91. The van der Waals surface area contributed by atoms with Crippen molar-refractivity contribution in [2.75, 3.05) is 6.54 Å². The van der Waals surface area contributed by atoms with Crippen molar-refractivity contribution >= 4 is 5.96 Å². The summed E-state index contributed by atoms with van der Waals surface area (Å²) in [6.07, 6.45) is 0. The van der Waals surface area contributed by atoms with E-state index < -0.39 is 0 Å². The molecule has 0 bridgehead atoms. The number of nitrogens with zero attached hydrogens (tertiary/aromatic N) is 4. The zero-order valence-electron chi connectivity index (χ0n) is 17.7. The summed E-state index contributed by atoms with van der Waals surface area (Å²) in [6.45, 7) is 8.28. The molecule has 6 heteroatoms. The van der Waals surface area contributed by atoms with Crippen molar-refractivity contribution in [2.45, 2.75) is 39.8 Å². The first kappa shape index (κ1) is 20.6. The summed E-state index contributed by atoms with van der Waals surface area (Å²) in [5, 5.41) is 15.2. The Bertz CT molecular complexity index is 945. The van der Waals surface area contributed by atoms with Crippen LogP contribution in [0.5, 0.6) is 0 Å². The lowest BCUT2D eigenvalue weighted by atomic mass is 9.99. The van der Waals surface area contributed by atoms with Crippen LogP contribution in [0.1, 0.15) is 41.2 Å². The number of hydrogen-bond donors (Lipinski definition) is 2. The molecular weight excluding hydrogens is 360 g/mol. The van der Waals surface area contributed by atoms with Gasteiger partial charge in [0.15, 0.2) is 11.8 Å². The van der Waals surface area contributed by atoms with Crippen LogP contribution in [0.4, 0.5) is 0 Å². The highest BCUT2D eigenvalue weighted by Gasteiger charge is 2.09. The highest BCUT2D eigenvalue weighted by Crippen LogP contribution is 2.15. The largest absolute Gasteiger partial charge is 0.356 e. The topological polar surface area (TPSA) is 67.1 Å². The molecule has 0 aliphatic heterocycles.